The highest BCUT2D eigenvalue weighted by Gasteiger charge is 2.01. The van der Waals surface area contributed by atoms with Gasteiger partial charge in [-0.25, -0.2) is 4.99 Å². The quantitative estimate of drug-likeness (QED) is 0.653. The van der Waals surface area contributed by atoms with Crippen molar-refractivity contribution >= 4 is 28.9 Å². The Labute approximate surface area is 128 Å². The average Bonchev–Trinajstić information content (AvgIpc) is 2.97. The fourth-order valence-electron chi connectivity index (χ4n) is 1.72. The van der Waals surface area contributed by atoms with Gasteiger partial charge >= 0.3 is 0 Å². The molecule has 2 aromatic rings. The van der Waals surface area contributed by atoms with E-state index >= 15 is 0 Å². The maximum Gasteiger partial charge on any atom is 0.191 e. The van der Waals surface area contributed by atoms with Crippen molar-refractivity contribution in [2.24, 2.45) is 4.99 Å². The van der Waals surface area contributed by atoms with Gasteiger partial charge in [0.15, 0.2) is 5.96 Å². The number of hydrogen-bond acceptors (Lipinski definition) is 2. The Morgan fingerprint density at radius 1 is 1.25 bits per heavy atom. The van der Waals surface area contributed by atoms with Crippen molar-refractivity contribution < 1.29 is 0 Å². The zero-order valence-electron chi connectivity index (χ0n) is 11.4. The molecule has 2 N–H and O–H groups in total. The number of aliphatic imine (C=N–C) groups is 1. The molecule has 0 saturated heterocycles. The summed E-state index contributed by atoms with van der Waals surface area (Å²) >= 11 is 7.83. The van der Waals surface area contributed by atoms with Crippen LogP contribution in [0.5, 0.6) is 0 Å². The molecule has 0 bridgehead atoms. The normalized spacial score (nSPS) is 11.4. The molecule has 0 spiro atoms. The standard InChI is InChI=1S/C15H18ClN3S/c1-2-17-15(18-9-12-7-8-20-11-12)19-10-13-5-3-4-6-14(13)16/h3-8,11H,2,9-10H2,1H3,(H2,17,18,19). The maximum absolute atomic E-state index is 6.14. The number of benzene rings is 1. The number of guanidine groups is 1. The number of halogens is 1. The fourth-order valence-corrected chi connectivity index (χ4v) is 2.58. The first-order chi connectivity index (χ1) is 9.79. The van der Waals surface area contributed by atoms with Crippen LogP contribution in [0.2, 0.25) is 5.02 Å². The number of nitrogens with zero attached hydrogens (tertiary/aromatic N) is 1. The molecule has 20 heavy (non-hydrogen) atoms. The molecule has 0 amide bonds. The highest BCUT2D eigenvalue weighted by atomic mass is 35.5. The highest BCUT2D eigenvalue weighted by Crippen LogP contribution is 2.14. The Kier molecular flexibility index (Phi) is 5.89. The minimum atomic E-state index is 0.662. The van der Waals surface area contributed by atoms with Crippen LogP contribution >= 0.6 is 22.9 Å². The van der Waals surface area contributed by atoms with Crippen LogP contribution in [0.15, 0.2) is 46.1 Å². The second-order valence-electron chi connectivity index (χ2n) is 4.27. The van der Waals surface area contributed by atoms with E-state index in [-0.39, 0.29) is 0 Å². The van der Waals surface area contributed by atoms with Crippen LogP contribution in [0.4, 0.5) is 0 Å². The first-order valence-corrected chi connectivity index (χ1v) is 7.88. The molecule has 0 fully saturated rings. The van der Waals surface area contributed by atoms with Gasteiger partial charge in [0.05, 0.1) is 6.54 Å². The molecule has 1 heterocycles. The smallest absolute Gasteiger partial charge is 0.191 e. The van der Waals surface area contributed by atoms with Crippen molar-refractivity contribution in [2.75, 3.05) is 6.54 Å². The second kappa shape index (κ2) is 7.92. The van der Waals surface area contributed by atoms with E-state index in [0.717, 1.165) is 23.1 Å². The number of nitrogens with one attached hydrogen (secondary N) is 2. The summed E-state index contributed by atoms with van der Waals surface area (Å²) in [6, 6.07) is 9.91. The third kappa shape index (κ3) is 4.54. The van der Waals surface area contributed by atoms with Crippen molar-refractivity contribution in [2.45, 2.75) is 20.0 Å². The number of thiophene rings is 1. The summed E-state index contributed by atoms with van der Waals surface area (Å²) in [5.74, 6) is 0.804. The van der Waals surface area contributed by atoms with Gasteiger partial charge in [-0.3, -0.25) is 0 Å². The Morgan fingerprint density at radius 2 is 2.10 bits per heavy atom. The summed E-state index contributed by atoms with van der Waals surface area (Å²) in [4.78, 5) is 4.56. The molecule has 0 saturated carbocycles. The zero-order chi connectivity index (χ0) is 14.2. The van der Waals surface area contributed by atoms with E-state index < -0.39 is 0 Å². The van der Waals surface area contributed by atoms with Crippen LogP contribution in [0.25, 0.3) is 0 Å². The van der Waals surface area contributed by atoms with Gasteiger partial charge in [0.25, 0.3) is 0 Å². The molecule has 106 valence electrons. The highest BCUT2D eigenvalue weighted by molar-refractivity contribution is 7.07. The van der Waals surface area contributed by atoms with Gasteiger partial charge in [-0.1, -0.05) is 29.8 Å². The van der Waals surface area contributed by atoms with Gasteiger partial charge in [0.2, 0.25) is 0 Å². The third-order valence-electron chi connectivity index (χ3n) is 2.75. The maximum atomic E-state index is 6.14. The average molecular weight is 308 g/mol. The topological polar surface area (TPSA) is 36.4 Å². The van der Waals surface area contributed by atoms with Gasteiger partial charge in [0.1, 0.15) is 0 Å². The SMILES string of the molecule is CCNC(=NCc1ccsc1)NCc1ccccc1Cl. The van der Waals surface area contributed by atoms with Crippen LogP contribution < -0.4 is 10.6 Å². The lowest BCUT2D eigenvalue weighted by molar-refractivity contribution is 0.816. The van der Waals surface area contributed by atoms with Crippen LogP contribution in [0, 0.1) is 0 Å². The molecule has 1 aromatic carbocycles. The Hall–Kier alpha value is -1.52. The molecule has 0 aliphatic heterocycles. The van der Waals surface area contributed by atoms with Crippen molar-refractivity contribution in [1.29, 1.82) is 0 Å². The van der Waals surface area contributed by atoms with E-state index in [9.17, 15) is 0 Å². The van der Waals surface area contributed by atoms with E-state index in [1.165, 1.54) is 5.56 Å². The molecular weight excluding hydrogens is 290 g/mol. The van der Waals surface area contributed by atoms with E-state index in [2.05, 4.69) is 39.4 Å². The first-order valence-electron chi connectivity index (χ1n) is 6.56. The molecular formula is C15H18ClN3S. The zero-order valence-corrected chi connectivity index (χ0v) is 13.0. The van der Waals surface area contributed by atoms with Gasteiger partial charge in [0, 0.05) is 18.1 Å². The summed E-state index contributed by atoms with van der Waals surface area (Å²) in [7, 11) is 0. The van der Waals surface area contributed by atoms with Crippen LogP contribution in [0.1, 0.15) is 18.1 Å². The van der Waals surface area contributed by atoms with Gasteiger partial charge in [-0.2, -0.15) is 11.3 Å². The Balaban J connectivity index is 1.95. The molecule has 0 aliphatic rings. The van der Waals surface area contributed by atoms with Crippen LogP contribution in [0.3, 0.4) is 0 Å². The van der Waals surface area contributed by atoms with Crippen LogP contribution in [-0.4, -0.2) is 12.5 Å². The van der Waals surface area contributed by atoms with Gasteiger partial charge in [-0.15, -0.1) is 0 Å². The molecule has 0 atom stereocenters. The lowest BCUT2D eigenvalue weighted by Gasteiger charge is -2.12. The van der Waals surface area contributed by atoms with E-state index in [1.807, 2.05) is 24.3 Å². The predicted molar refractivity (Wildman–Crippen MR) is 87.4 cm³/mol. The first kappa shape index (κ1) is 14.9. The van der Waals surface area contributed by atoms with Gasteiger partial charge < -0.3 is 10.6 Å². The summed E-state index contributed by atoms with van der Waals surface area (Å²) in [6.45, 7) is 4.23. The second-order valence-corrected chi connectivity index (χ2v) is 5.46. The predicted octanol–water partition coefficient (Wildman–Crippen LogP) is 3.66. The summed E-state index contributed by atoms with van der Waals surface area (Å²) in [5.41, 5.74) is 2.29. The summed E-state index contributed by atoms with van der Waals surface area (Å²) < 4.78 is 0. The molecule has 2 rings (SSSR count). The monoisotopic (exact) mass is 307 g/mol. The number of rotatable bonds is 5. The Bertz CT molecular complexity index is 552. The third-order valence-corrected chi connectivity index (χ3v) is 3.85. The fraction of sp³-hybridized carbons (Fsp3) is 0.267. The van der Waals surface area contributed by atoms with Crippen molar-refractivity contribution in [3.63, 3.8) is 0 Å². The summed E-state index contributed by atoms with van der Waals surface area (Å²) in [6.07, 6.45) is 0. The molecule has 5 heteroatoms. The largest absolute Gasteiger partial charge is 0.357 e. The van der Waals surface area contributed by atoms with Crippen molar-refractivity contribution in [3.8, 4) is 0 Å². The molecule has 0 aliphatic carbocycles. The van der Waals surface area contributed by atoms with Crippen molar-refractivity contribution in [3.05, 3.63) is 57.2 Å². The van der Waals surface area contributed by atoms with E-state index in [0.29, 0.717) is 13.1 Å². The molecule has 1 aromatic heterocycles. The Morgan fingerprint density at radius 3 is 2.80 bits per heavy atom. The minimum Gasteiger partial charge on any atom is -0.357 e. The molecule has 0 radical (unpaired) electrons. The van der Waals surface area contributed by atoms with E-state index in [1.54, 1.807) is 11.3 Å². The van der Waals surface area contributed by atoms with Crippen molar-refractivity contribution in [1.82, 2.24) is 10.6 Å². The molecule has 0 unspecified atom stereocenters. The lowest BCUT2D eigenvalue weighted by atomic mass is 10.2. The number of hydrogen-bond donors (Lipinski definition) is 2. The minimum absolute atomic E-state index is 0.662. The summed E-state index contributed by atoms with van der Waals surface area (Å²) in [5, 5.41) is 11.5. The van der Waals surface area contributed by atoms with Crippen LogP contribution in [-0.2, 0) is 13.1 Å². The molecule has 3 nitrogen and oxygen atoms in total. The van der Waals surface area contributed by atoms with Gasteiger partial charge in [-0.05, 0) is 40.9 Å². The van der Waals surface area contributed by atoms with E-state index in [4.69, 9.17) is 11.6 Å². The lowest BCUT2D eigenvalue weighted by Crippen LogP contribution is -2.36.